The minimum absolute atomic E-state index is 0.176. The fraction of sp³-hybridized carbons (Fsp3) is 0.133. The smallest absolute Gasteiger partial charge is 0.257 e. The van der Waals surface area contributed by atoms with Crippen LogP contribution in [0.4, 0.5) is 15.8 Å². The normalized spacial score (nSPS) is 10.1. The fourth-order valence-corrected chi connectivity index (χ4v) is 1.82. The van der Waals surface area contributed by atoms with E-state index in [2.05, 4.69) is 10.6 Å². The maximum atomic E-state index is 13.5. The highest BCUT2D eigenvalue weighted by Gasteiger charge is 2.12. The standard InChI is InChI=1S/C15H15FN2O/c1-10-7-8-11(14(9-10)17-2)15(19)18-13-6-4-3-5-12(13)16/h3-9,17H,1-2H3,(H,18,19). The Bertz CT molecular complexity index is 611. The van der Waals surface area contributed by atoms with Crippen molar-refractivity contribution in [2.45, 2.75) is 6.92 Å². The van der Waals surface area contributed by atoms with Gasteiger partial charge in [-0.3, -0.25) is 4.79 Å². The zero-order chi connectivity index (χ0) is 13.8. The average molecular weight is 258 g/mol. The summed E-state index contributed by atoms with van der Waals surface area (Å²) in [7, 11) is 1.74. The van der Waals surface area contributed by atoms with Crippen LogP contribution in [0.1, 0.15) is 15.9 Å². The van der Waals surface area contributed by atoms with Gasteiger partial charge in [-0.1, -0.05) is 18.2 Å². The molecule has 19 heavy (non-hydrogen) atoms. The first-order valence-corrected chi connectivity index (χ1v) is 5.96. The lowest BCUT2D eigenvalue weighted by molar-refractivity contribution is 0.102. The molecule has 0 aliphatic carbocycles. The Balaban J connectivity index is 2.28. The molecule has 0 heterocycles. The Morgan fingerprint density at radius 3 is 2.53 bits per heavy atom. The molecule has 2 aromatic carbocycles. The highest BCUT2D eigenvalue weighted by Crippen LogP contribution is 2.20. The monoisotopic (exact) mass is 258 g/mol. The van der Waals surface area contributed by atoms with Gasteiger partial charge in [0.05, 0.1) is 11.3 Å². The third kappa shape index (κ3) is 2.91. The van der Waals surface area contributed by atoms with Crippen LogP contribution in [0.3, 0.4) is 0 Å². The van der Waals surface area contributed by atoms with Crippen LogP contribution < -0.4 is 10.6 Å². The van der Waals surface area contributed by atoms with E-state index in [1.54, 1.807) is 25.2 Å². The molecule has 0 aliphatic rings. The Hall–Kier alpha value is -2.36. The summed E-state index contributed by atoms with van der Waals surface area (Å²) < 4.78 is 13.5. The lowest BCUT2D eigenvalue weighted by atomic mass is 10.1. The molecule has 98 valence electrons. The predicted molar refractivity (Wildman–Crippen MR) is 75.1 cm³/mol. The number of hydrogen-bond donors (Lipinski definition) is 2. The van der Waals surface area contributed by atoms with Gasteiger partial charge in [0, 0.05) is 12.7 Å². The molecule has 0 fully saturated rings. The Morgan fingerprint density at radius 2 is 1.84 bits per heavy atom. The van der Waals surface area contributed by atoms with E-state index in [-0.39, 0.29) is 11.6 Å². The van der Waals surface area contributed by atoms with Crippen molar-refractivity contribution in [1.29, 1.82) is 0 Å². The molecule has 2 aromatic rings. The topological polar surface area (TPSA) is 41.1 Å². The maximum absolute atomic E-state index is 13.5. The first-order valence-electron chi connectivity index (χ1n) is 5.96. The second-order valence-electron chi connectivity index (χ2n) is 4.23. The molecule has 0 atom stereocenters. The largest absolute Gasteiger partial charge is 0.387 e. The van der Waals surface area contributed by atoms with Crippen molar-refractivity contribution in [1.82, 2.24) is 0 Å². The average Bonchev–Trinajstić information content (AvgIpc) is 2.41. The summed E-state index contributed by atoms with van der Waals surface area (Å²) in [6.07, 6.45) is 0. The number of carbonyl (C=O) groups excluding carboxylic acids is 1. The summed E-state index contributed by atoms with van der Waals surface area (Å²) in [4.78, 5) is 12.1. The lowest BCUT2D eigenvalue weighted by Gasteiger charge is -2.11. The van der Waals surface area contributed by atoms with E-state index < -0.39 is 5.82 Å². The molecule has 0 saturated carbocycles. The van der Waals surface area contributed by atoms with Gasteiger partial charge in [0.1, 0.15) is 5.82 Å². The van der Waals surface area contributed by atoms with E-state index in [0.29, 0.717) is 11.3 Å². The van der Waals surface area contributed by atoms with Crippen molar-refractivity contribution in [3.8, 4) is 0 Å². The molecule has 0 bridgehead atoms. The fourth-order valence-electron chi connectivity index (χ4n) is 1.82. The number of amides is 1. The molecule has 0 aromatic heterocycles. The molecule has 0 aliphatic heterocycles. The van der Waals surface area contributed by atoms with Crippen molar-refractivity contribution in [3.63, 3.8) is 0 Å². The van der Waals surface area contributed by atoms with Gasteiger partial charge in [-0.05, 0) is 36.8 Å². The minimum Gasteiger partial charge on any atom is -0.387 e. The second kappa shape index (κ2) is 5.52. The van der Waals surface area contributed by atoms with Gasteiger partial charge in [-0.2, -0.15) is 0 Å². The van der Waals surface area contributed by atoms with Crippen LogP contribution in [0, 0.1) is 12.7 Å². The van der Waals surface area contributed by atoms with E-state index in [0.717, 1.165) is 5.56 Å². The highest BCUT2D eigenvalue weighted by atomic mass is 19.1. The van der Waals surface area contributed by atoms with Gasteiger partial charge in [0.25, 0.3) is 5.91 Å². The number of rotatable bonds is 3. The number of nitrogens with one attached hydrogen (secondary N) is 2. The SMILES string of the molecule is CNc1cc(C)ccc1C(=O)Nc1ccccc1F. The summed E-state index contributed by atoms with van der Waals surface area (Å²) in [6.45, 7) is 1.94. The number of anilines is 2. The number of carbonyl (C=O) groups is 1. The lowest BCUT2D eigenvalue weighted by Crippen LogP contribution is -2.15. The van der Waals surface area contributed by atoms with Crippen molar-refractivity contribution >= 4 is 17.3 Å². The van der Waals surface area contributed by atoms with Gasteiger partial charge in [0.2, 0.25) is 0 Å². The molecule has 2 rings (SSSR count). The van der Waals surface area contributed by atoms with Crippen LogP contribution in [0.2, 0.25) is 0 Å². The molecule has 1 amide bonds. The third-order valence-electron chi connectivity index (χ3n) is 2.81. The highest BCUT2D eigenvalue weighted by molar-refractivity contribution is 6.08. The van der Waals surface area contributed by atoms with Crippen molar-refractivity contribution < 1.29 is 9.18 Å². The van der Waals surface area contributed by atoms with E-state index in [1.165, 1.54) is 12.1 Å². The maximum Gasteiger partial charge on any atom is 0.257 e. The van der Waals surface area contributed by atoms with Crippen molar-refractivity contribution in [3.05, 3.63) is 59.4 Å². The molecular weight excluding hydrogens is 243 g/mol. The van der Waals surface area contributed by atoms with Crippen LogP contribution in [-0.2, 0) is 0 Å². The molecule has 2 N–H and O–H groups in total. The molecule has 0 saturated heterocycles. The van der Waals surface area contributed by atoms with E-state index in [1.807, 2.05) is 19.1 Å². The van der Waals surface area contributed by atoms with Gasteiger partial charge >= 0.3 is 0 Å². The zero-order valence-electron chi connectivity index (χ0n) is 10.8. The Labute approximate surface area is 111 Å². The Kier molecular flexibility index (Phi) is 3.80. The number of halogens is 1. The van der Waals surface area contributed by atoms with Crippen LogP contribution >= 0.6 is 0 Å². The van der Waals surface area contributed by atoms with Crippen molar-refractivity contribution in [2.24, 2.45) is 0 Å². The number of aryl methyl sites for hydroxylation is 1. The van der Waals surface area contributed by atoms with Gasteiger partial charge < -0.3 is 10.6 Å². The minimum atomic E-state index is -0.450. The second-order valence-corrected chi connectivity index (χ2v) is 4.23. The van der Waals surface area contributed by atoms with Gasteiger partial charge in [-0.25, -0.2) is 4.39 Å². The van der Waals surface area contributed by atoms with Gasteiger partial charge in [-0.15, -0.1) is 0 Å². The number of hydrogen-bond acceptors (Lipinski definition) is 2. The summed E-state index contributed by atoms with van der Waals surface area (Å²) in [5, 5.41) is 5.53. The zero-order valence-corrected chi connectivity index (χ0v) is 10.8. The van der Waals surface area contributed by atoms with E-state index in [9.17, 15) is 9.18 Å². The number of benzene rings is 2. The summed E-state index contributed by atoms with van der Waals surface area (Å²) >= 11 is 0. The van der Waals surface area contributed by atoms with E-state index in [4.69, 9.17) is 0 Å². The Morgan fingerprint density at radius 1 is 1.11 bits per heavy atom. The molecule has 4 heteroatoms. The summed E-state index contributed by atoms with van der Waals surface area (Å²) in [5.41, 5.74) is 2.42. The first-order chi connectivity index (χ1) is 9.11. The van der Waals surface area contributed by atoms with E-state index >= 15 is 0 Å². The predicted octanol–water partition coefficient (Wildman–Crippen LogP) is 3.43. The van der Waals surface area contributed by atoms with Gasteiger partial charge in [0.15, 0.2) is 0 Å². The quantitative estimate of drug-likeness (QED) is 0.885. The summed E-state index contributed by atoms with van der Waals surface area (Å²) in [5.74, 6) is -0.789. The van der Waals surface area contributed by atoms with Crippen molar-refractivity contribution in [2.75, 3.05) is 17.7 Å². The first kappa shape index (κ1) is 13.1. The molecular formula is C15H15FN2O. The molecule has 3 nitrogen and oxygen atoms in total. The molecule has 0 radical (unpaired) electrons. The summed E-state index contributed by atoms with van der Waals surface area (Å²) in [6, 6.07) is 11.5. The molecule has 0 unspecified atom stereocenters. The van der Waals surface area contributed by atoms with Crippen LogP contribution in [-0.4, -0.2) is 13.0 Å². The molecule has 0 spiro atoms. The van der Waals surface area contributed by atoms with Crippen LogP contribution in [0.25, 0.3) is 0 Å². The van der Waals surface area contributed by atoms with Crippen LogP contribution in [0.5, 0.6) is 0 Å². The number of para-hydroxylation sites is 1. The third-order valence-corrected chi connectivity index (χ3v) is 2.81. The van der Waals surface area contributed by atoms with Crippen LogP contribution in [0.15, 0.2) is 42.5 Å².